The first kappa shape index (κ1) is 18.6. The summed E-state index contributed by atoms with van der Waals surface area (Å²) in [5.74, 6) is 6.51. The number of hydrogen-bond donors (Lipinski definition) is 2. The van der Waals surface area contributed by atoms with E-state index in [1.165, 1.54) is 11.8 Å². The Labute approximate surface area is 164 Å². The second-order valence-corrected chi connectivity index (χ2v) is 7.25. The fraction of sp³-hybridized carbons (Fsp3) is 0.118. The van der Waals surface area contributed by atoms with Crippen LogP contribution in [0.1, 0.15) is 11.1 Å². The highest BCUT2D eigenvalue weighted by atomic mass is 35.5. The highest BCUT2D eigenvalue weighted by molar-refractivity contribution is 7.98. The Balaban J connectivity index is 1.79. The topological polar surface area (TPSA) is 85.8 Å². The van der Waals surface area contributed by atoms with Gasteiger partial charge in [-0.1, -0.05) is 53.2 Å². The second kappa shape index (κ2) is 7.99. The summed E-state index contributed by atoms with van der Waals surface area (Å²) in [5.41, 5.74) is 2.04. The smallest absolute Gasteiger partial charge is 0.315 e. The van der Waals surface area contributed by atoms with Gasteiger partial charge in [0.1, 0.15) is 0 Å². The van der Waals surface area contributed by atoms with Crippen LogP contribution < -0.4 is 16.7 Å². The Morgan fingerprint density at radius 3 is 2.62 bits per heavy atom. The Hall–Kier alpha value is -2.22. The highest BCUT2D eigenvalue weighted by Gasteiger charge is 2.12. The summed E-state index contributed by atoms with van der Waals surface area (Å²) in [6.07, 6.45) is 0. The summed E-state index contributed by atoms with van der Waals surface area (Å²) in [6.45, 7) is 1.84. The van der Waals surface area contributed by atoms with Crippen molar-refractivity contribution in [3.8, 4) is 0 Å². The van der Waals surface area contributed by atoms with Gasteiger partial charge in [0.05, 0.1) is 0 Å². The fourth-order valence-electron chi connectivity index (χ4n) is 2.16. The number of nitrogens with one attached hydrogen (secondary N) is 1. The molecule has 0 radical (unpaired) electrons. The monoisotopic (exact) mass is 407 g/mol. The van der Waals surface area contributed by atoms with Gasteiger partial charge in [-0.15, -0.1) is 10.2 Å². The van der Waals surface area contributed by atoms with Gasteiger partial charge >= 0.3 is 5.56 Å². The van der Waals surface area contributed by atoms with Crippen molar-refractivity contribution in [2.24, 2.45) is 0 Å². The Morgan fingerprint density at radius 1 is 1.15 bits per heavy atom. The molecule has 0 amide bonds. The van der Waals surface area contributed by atoms with E-state index in [9.17, 15) is 4.79 Å². The quantitative estimate of drug-likeness (QED) is 0.490. The van der Waals surface area contributed by atoms with Crippen LogP contribution in [0.5, 0.6) is 0 Å². The molecule has 0 aliphatic rings. The molecule has 0 aliphatic carbocycles. The first-order valence-electron chi connectivity index (χ1n) is 7.60. The number of aromatic nitrogens is 3. The predicted molar refractivity (Wildman–Crippen MR) is 107 cm³/mol. The predicted octanol–water partition coefficient (Wildman–Crippen LogP) is 4.00. The van der Waals surface area contributed by atoms with Crippen LogP contribution in [0.3, 0.4) is 0 Å². The van der Waals surface area contributed by atoms with Crippen molar-refractivity contribution in [2.75, 3.05) is 11.2 Å². The number of rotatable bonds is 5. The van der Waals surface area contributed by atoms with E-state index in [1.54, 1.807) is 30.3 Å². The zero-order valence-electron chi connectivity index (χ0n) is 13.7. The number of benzene rings is 2. The third-order valence-corrected chi connectivity index (χ3v) is 5.34. The zero-order chi connectivity index (χ0) is 18.7. The maximum Gasteiger partial charge on any atom is 0.315 e. The average Bonchev–Trinajstić information content (AvgIpc) is 2.63. The average molecular weight is 408 g/mol. The maximum atomic E-state index is 12.5. The first-order valence-corrected chi connectivity index (χ1v) is 9.34. The standard InChI is InChI=1S/C17H15Cl2N5OS/c1-10-13(19)3-2-4-14(10)21-15-16(25)24(20)17(23-22-15)26-9-11-5-7-12(18)8-6-11/h2-8H,9,20H2,1H3,(H,21,22). The molecular formula is C17H15Cl2N5OS. The van der Waals surface area contributed by atoms with E-state index in [2.05, 4.69) is 15.5 Å². The molecule has 1 heterocycles. The zero-order valence-corrected chi connectivity index (χ0v) is 16.1. The van der Waals surface area contributed by atoms with Crippen LogP contribution in [0.25, 0.3) is 0 Å². The molecule has 1 aromatic heterocycles. The first-order chi connectivity index (χ1) is 12.5. The molecule has 2 aromatic carbocycles. The van der Waals surface area contributed by atoms with E-state index in [0.29, 0.717) is 26.6 Å². The molecular weight excluding hydrogens is 393 g/mol. The number of thioether (sulfide) groups is 1. The maximum absolute atomic E-state index is 12.5. The van der Waals surface area contributed by atoms with Gasteiger partial charge in [0.15, 0.2) is 0 Å². The largest absolute Gasteiger partial charge is 0.334 e. The fourth-order valence-corrected chi connectivity index (χ4v) is 3.27. The molecule has 0 fully saturated rings. The molecule has 0 spiro atoms. The lowest BCUT2D eigenvalue weighted by Gasteiger charge is -2.11. The van der Waals surface area contributed by atoms with Crippen LogP contribution in [0.4, 0.5) is 11.5 Å². The number of nitrogen functional groups attached to an aromatic ring is 1. The van der Waals surface area contributed by atoms with Crippen LogP contribution in [0.15, 0.2) is 52.4 Å². The molecule has 0 saturated carbocycles. The summed E-state index contributed by atoms with van der Waals surface area (Å²) in [5, 5.41) is 12.5. The number of nitrogens with zero attached hydrogens (tertiary/aromatic N) is 3. The summed E-state index contributed by atoms with van der Waals surface area (Å²) in [6, 6.07) is 12.8. The van der Waals surface area contributed by atoms with Crippen LogP contribution in [-0.2, 0) is 5.75 Å². The van der Waals surface area contributed by atoms with E-state index in [4.69, 9.17) is 29.0 Å². The summed E-state index contributed by atoms with van der Waals surface area (Å²) >= 11 is 13.3. The molecule has 3 N–H and O–H groups in total. The van der Waals surface area contributed by atoms with E-state index in [1.807, 2.05) is 19.1 Å². The number of anilines is 2. The van der Waals surface area contributed by atoms with Crippen molar-refractivity contribution in [3.05, 3.63) is 74.0 Å². The van der Waals surface area contributed by atoms with Gasteiger partial charge in [-0.05, 0) is 42.3 Å². The third-order valence-electron chi connectivity index (χ3n) is 3.66. The van der Waals surface area contributed by atoms with Crippen molar-refractivity contribution in [3.63, 3.8) is 0 Å². The minimum absolute atomic E-state index is 0.0358. The molecule has 0 bridgehead atoms. The van der Waals surface area contributed by atoms with E-state index in [0.717, 1.165) is 15.8 Å². The Morgan fingerprint density at radius 2 is 1.88 bits per heavy atom. The molecule has 0 aliphatic heterocycles. The van der Waals surface area contributed by atoms with Crippen LogP contribution >= 0.6 is 35.0 Å². The van der Waals surface area contributed by atoms with Crippen LogP contribution in [-0.4, -0.2) is 14.9 Å². The van der Waals surface area contributed by atoms with Crippen molar-refractivity contribution in [2.45, 2.75) is 17.8 Å². The molecule has 3 rings (SSSR count). The molecule has 3 aromatic rings. The normalized spacial score (nSPS) is 10.7. The molecule has 26 heavy (non-hydrogen) atoms. The lowest BCUT2D eigenvalue weighted by atomic mass is 10.2. The van der Waals surface area contributed by atoms with Gasteiger partial charge in [0, 0.05) is 21.5 Å². The lowest BCUT2D eigenvalue weighted by Crippen LogP contribution is -2.32. The summed E-state index contributed by atoms with van der Waals surface area (Å²) in [4.78, 5) is 12.5. The van der Waals surface area contributed by atoms with Crippen LogP contribution in [0, 0.1) is 6.92 Å². The summed E-state index contributed by atoms with van der Waals surface area (Å²) < 4.78 is 0.982. The van der Waals surface area contributed by atoms with Crippen molar-refractivity contribution in [1.29, 1.82) is 0 Å². The van der Waals surface area contributed by atoms with Crippen molar-refractivity contribution >= 4 is 46.5 Å². The second-order valence-electron chi connectivity index (χ2n) is 5.46. The minimum Gasteiger partial charge on any atom is -0.334 e. The molecule has 134 valence electrons. The van der Waals surface area contributed by atoms with Gasteiger partial charge in [0.25, 0.3) is 0 Å². The van der Waals surface area contributed by atoms with Crippen molar-refractivity contribution in [1.82, 2.24) is 14.9 Å². The molecule has 0 unspecified atom stereocenters. The minimum atomic E-state index is -0.474. The third kappa shape index (κ3) is 4.12. The Kier molecular flexibility index (Phi) is 5.70. The van der Waals surface area contributed by atoms with Crippen molar-refractivity contribution < 1.29 is 0 Å². The molecule has 0 saturated heterocycles. The van der Waals surface area contributed by atoms with E-state index in [-0.39, 0.29) is 5.82 Å². The van der Waals surface area contributed by atoms with Gasteiger partial charge in [-0.25, -0.2) is 0 Å². The lowest BCUT2D eigenvalue weighted by molar-refractivity contribution is 0.705. The van der Waals surface area contributed by atoms with Gasteiger partial charge in [0.2, 0.25) is 11.0 Å². The van der Waals surface area contributed by atoms with Gasteiger partial charge in [-0.3, -0.25) is 4.79 Å². The highest BCUT2D eigenvalue weighted by Crippen LogP contribution is 2.25. The van der Waals surface area contributed by atoms with Gasteiger partial charge < -0.3 is 11.2 Å². The summed E-state index contributed by atoms with van der Waals surface area (Å²) in [7, 11) is 0. The SMILES string of the molecule is Cc1c(Cl)cccc1Nc1nnc(SCc2ccc(Cl)cc2)n(N)c1=O. The molecule has 9 heteroatoms. The van der Waals surface area contributed by atoms with Crippen LogP contribution in [0.2, 0.25) is 10.0 Å². The molecule has 6 nitrogen and oxygen atoms in total. The molecule has 0 atom stereocenters. The van der Waals surface area contributed by atoms with E-state index < -0.39 is 5.56 Å². The van der Waals surface area contributed by atoms with E-state index >= 15 is 0 Å². The van der Waals surface area contributed by atoms with Gasteiger partial charge in [-0.2, -0.15) is 4.68 Å². The number of nitrogens with two attached hydrogens (primary N) is 1. The number of hydrogen-bond acceptors (Lipinski definition) is 6. The Bertz CT molecular complexity index is 991. The number of halogens is 2.